The summed E-state index contributed by atoms with van der Waals surface area (Å²) in [5.74, 6) is -1.71. The first-order chi connectivity index (χ1) is 17.3. The van der Waals surface area contributed by atoms with Crippen molar-refractivity contribution in [3.63, 3.8) is 0 Å². The maximum absolute atomic E-state index is 13.4. The number of phenols is 1. The fourth-order valence-electron chi connectivity index (χ4n) is 4.27. The van der Waals surface area contributed by atoms with Crippen molar-refractivity contribution in [3.8, 4) is 17.2 Å². The van der Waals surface area contributed by atoms with Crippen LogP contribution in [0.1, 0.15) is 17.2 Å². The van der Waals surface area contributed by atoms with E-state index in [4.69, 9.17) is 21.1 Å². The SMILES string of the molecule is COc1cc(/C(O)=C2\C(=O)C(=O)N(c3nc4ccccc4[nH]3)C2c2ccc(O)cc2)c(OC)cc1Cl. The Balaban J connectivity index is 1.76. The Hall–Kier alpha value is -4.50. The van der Waals surface area contributed by atoms with Crippen LogP contribution >= 0.6 is 11.6 Å². The van der Waals surface area contributed by atoms with Crippen molar-refractivity contribution in [3.05, 3.63) is 82.4 Å². The lowest BCUT2D eigenvalue weighted by Crippen LogP contribution is -2.30. The van der Waals surface area contributed by atoms with Crippen molar-refractivity contribution in [2.75, 3.05) is 19.1 Å². The number of phenolic OH excluding ortho intramolecular Hbond substituents is 1. The first-order valence-electron chi connectivity index (χ1n) is 10.8. The average Bonchev–Trinajstić information content (AvgIpc) is 3.42. The standard InChI is InChI=1S/C26H20ClN3O6/c1-35-19-12-16(27)20(36-2)11-15(19)23(32)21-22(13-7-9-14(31)10-8-13)30(25(34)24(21)33)26-28-17-5-3-4-6-18(17)29-26/h3-12,22,31-32H,1-2H3,(H,28,29)/b23-21+. The average molecular weight is 506 g/mol. The van der Waals surface area contributed by atoms with E-state index in [0.717, 1.165) is 0 Å². The second-order valence-electron chi connectivity index (χ2n) is 8.03. The minimum absolute atomic E-state index is 0.00328. The highest BCUT2D eigenvalue weighted by molar-refractivity contribution is 6.51. The van der Waals surface area contributed by atoms with Gasteiger partial charge in [0.15, 0.2) is 0 Å². The van der Waals surface area contributed by atoms with Crippen molar-refractivity contribution < 1.29 is 29.3 Å². The van der Waals surface area contributed by atoms with E-state index in [1.54, 1.807) is 30.3 Å². The number of aromatic amines is 1. The molecule has 9 nitrogen and oxygen atoms in total. The van der Waals surface area contributed by atoms with E-state index in [1.807, 2.05) is 6.07 Å². The Bertz CT molecular complexity index is 1510. The normalized spacial score (nSPS) is 17.1. The maximum Gasteiger partial charge on any atom is 0.302 e. The Morgan fingerprint density at radius 2 is 1.72 bits per heavy atom. The first kappa shape index (κ1) is 23.3. The number of hydrogen-bond donors (Lipinski definition) is 3. The first-order valence-corrected chi connectivity index (χ1v) is 11.2. The monoisotopic (exact) mass is 505 g/mol. The molecule has 1 aliphatic rings. The lowest BCUT2D eigenvalue weighted by molar-refractivity contribution is -0.132. The second kappa shape index (κ2) is 8.94. The number of H-pyrrole nitrogens is 1. The van der Waals surface area contributed by atoms with E-state index in [1.165, 1.54) is 43.4 Å². The number of amides is 1. The summed E-state index contributed by atoms with van der Waals surface area (Å²) in [6.07, 6.45) is 0. The summed E-state index contributed by atoms with van der Waals surface area (Å²) in [5.41, 5.74) is 1.67. The number of carbonyl (C=O) groups is 2. The molecule has 1 aliphatic heterocycles. The summed E-state index contributed by atoms with van der Waals surface area (Å²) in [6.45, 7) is 0. The van der Waals surface area contributed by atoms with E-state index < -0.39 is 23.5 Å². The highest BCUT2D eigenvalue weighted by atomic mass is 35.5. The quantitative estimate of drug-likeness (QED) is 0.206. The Kier molecular flexibility index (Phi) is 5.77. The van der Waals surface area contributed by atoms with Crippen LogP contribution in [-0.2, 0) is 9.59 Å². The molecule has 0 saturated carbocycles. The molecule has 1 fully saturated rings. The number of para-hydroxylation sites is 2. The molecule has 3 N–H and O–H groups in total. The molecular weight excluding hydrogens is 486 g/mol. The highest BCUT2D eigenvalue weighted by Crippen LogP contribution is 2.44. The Morgan fingerprint density at radius 1 is 1.03 bits per heavy atom. The number of fused-ring (bicyclic) bond motifs is 1. The number of hydrogen-bond acceptors (Lipinski definition) is 7. The van der Waals surface area contributed by atoms with Crippen LogP contribution in [0.4, 0.5) is 5.95 Å². The number of rotatable bonds is 5. The summed E-state index contributed by atoms with van der Waals surface area (Å²) in [7, 11) is 2.80. The van der Waals surface area contributed by atoms with Gasteiger partial charge in [-0.05, 0) is 35.9 Å². The summed E-state index contributed by atoms with van der Waals surface area (Å²) >= 11 is 6.21. The zero-order valence-electron chi connectivity index (χ0n) is 19.2. The maximum atomic E-state index is 13.4. The predicted octanol–water partition coefficient (Wildman–Crippen LogP) is 4.57. The summed E-state index contributed by atoms with van der Waals surface area (Å²) in [6, 6.07) is 15.0. The lowest BCUT2D eigenvalue weighted by Gasteiger charge is -2.23. The zero-order chi connectivity index (χ0) is 25.6. The summed E-state index contributed by atoms with van der Waals surface area (Å²) < 4.78 is 10.6. The van der Waals surface area contributed by atoms with Crippen LogP contribution in [0.5, 0.6) is 17.2 Å². The third-order valence-electron chi connectivity index (χ3n) is 5.99. The number of carbonyl (C=O) groups excluding carboxylic acids is 2. The van der Waals surface area contributed by atoms with Crippen molar-refractivity contribution in [1.82, 2.24) is 9.97 Å². The van der Waals surface area contributed by atoms with Gasteiger partial charge in [-0.3, -0.25) is 14.5 Å². The Labute approximate surface area is 210 Å². The lowest BCUT2D eigenvalue weighted by atomic mass is 9.95. The fourth-order valence-corrected chi connectivity index (χ4v) is 4.50. The molecule has 1 unspecified atom stereocenters. The number of Topliss-reactive ketones (excluding diaryl/α,β-unsaturated/α-hetero) is 1. The molecule has 36 heavy (non-hydrogen) atoms. The number of nitrogens with one attached hydrogen (secondary N) is 1. The molecule has 1 amide bonds. The van der Waals surface area contributed by atoms with Crippen LogP contribution in [0.3, 0.4) is 0 Å². The van der Waals surface area contributed by atoms with E-state index in [2.05, 4.69) is 9.97 Å². The van der Waals surface area contributed by atoms with E-state index in [-0.39, 0.29) is 39.4 Å². The molecule has 0 spiro atoms. The molecule has 5 rings (SSSR count). The van der Waals surface area contributed by atoms with Gasteiger partial charge in [-0.2, -0.15) is 0 Å². The molecule has 2 heterocycles. The number of aromatic hydroxyl groups is 1. The molecule has 0 bridgehead atoms. The number of nitrogens with zero attached hydrogens (tertiary/aromatic N) is 2. The molecule has 1 atom stereocenters. The zero-order valence-corrected chi connectivity index (χ0v) is 19.9. The van der Waals surface area contributed by atoms with Crippen molar-refractivity contribution in [2.45, 2.75) is 6.04 Å². The smallest absolute Gasteiger partial charge is 0.302 e. The fraction of sp³-hybridized carbons (Fsp3) is 0.115. The third-order valence-corrected chi connectivity index (χ3v) is 6.28. The predicted molar refractivity (Wildman–Crippen MR) is 134 cm³/mol. The molecule has 182 valence electrons. The molecule has 3 aromatic carbocycles. The number of aliphatic hydroxyl groups is 1. The van der Waals surface area contributed by atoms with Gasteiger partial charge in [0.05, 0.1) is 47.5 Å². The van der Waals surface area contributed by atoms with Crippen LogP contribution in [0, 0.1) is 0 Å². The minimum atomic E-state index is -1.06. The largest absolute Gasteiger partial charge is 0.508 e. The summed E-state index contributed by atoms with van der Waals surface area (Å²) in [5, 5.41) is 21.5. The molecule has 1 saturated heterocycles. The molecule has 0 aliphatic carbocycles. The number of imidazole rings is 1. The van der Waals surface area contributed by atoms with Gasteiger partial charge in [-0.25, -0.2) is 4.98 Å². The van der Waals surface area contributed by atoms with Gasteiger partial charge in [0.1, 0.15) is 23.0 Å². The Morgan fingerprint density at radius 3 is 2.39 bits per heavy atom. The van der Waals surface area contributed by atoms with Crippen molar-refractivity contribution >= 4 is 46.0 Å². The van der Waals surface area contributed by atoms with Gasteiger partial charge in [0.2, 0.25) is 5.95 Å². The number of methoxy groups -OCH3 is 2. The van der Waals surface area contributed by atoms with Crippen LogP contribution in [0.15, 0.2) is 66.2 Å². The molecular formula is C26H20ClN3O6. The third kappa shape index (κ3) is 3.70. The summed E-state index contributed by atoms with van der Waals surface area (Å²) in [4.78, 5) is 35.5. The molecule has 1 aromatic heterocycles. The van der Waals surface area contributed by atoms with Gasteiger partial charge in [0, 0.05) is 6.07 Å². The molecule has 4 aromatic rings. The van der Waals surface area contributed by atoms with Gasteiger partial charge >= 0.3 is 5.91 Å². The van der Waals surface area contributed by atoms with Gasteiger partial charge in [-0.15, -0.1) is 0 Å². The van der Waals surface area contributed by atoms with E-state index >= 15 is 0 Å². The van der Waals surface area contributed by atoms with Crippen LogP contribution < -0.4 is 14.4 Å². The number of ether oxygens (including phenoxy) is 2. The number of halogens is 1. The number of anilines is 1. The molecule has 10 heteroatoms. The topological polar surface area (TPSA) is 125 Å². The van der Waals surface area contributed by atoms with E-state index in [9.17, 15) is 19.8 Å². The number of aliphatic hydroxyl groups excluding tert-OH is 1. The second-order valence-corrected chi connectivity index (χ2v) is 8.43. The number of benzene rings is 3. The van der Waals surface area contributed by atoms with Crippen LogP contribution in [0.2, 0.25) is 5.02 Å². The van der Waals surface area contributed by atoms with Crippen LogP contribution in [0.25, 0.3) is 16.8 Å². The van der Waals surface area contributed by atoms with Gasteiger partial charge < -0.3 is 24.7 Å². The van der Waals surface area contributed by atoms with Gasteiger partial charge in [-0.1, -0.05) is 35.9 Å². The number of ketones is 1. The van der Waals surface area contributed by atoms with E-state index in [0.29, 0.717) is 16.6 Å². The number of aromatic nitrogens is 2. The van der Waals surface area contributed by atoms with Crippen molar-refractivity contribution in [2.24, 2.45) is 0 Å². The van der Waals surface area contributed by atoms with Crippen molar-refractivity contribution in [1.29, 1.82) is 0 Å². The minimum Gasteiger partial charge on any atom is -0.508 e. The molecule has 0 radical (unpaired) electrons. The van der Waals surface area contributed by atoms with Crippen LogP contribution in [-0.4, -0.2) is 46.1 Å². The highest BCUT2D eigenvalue weighted by Gasteiger charge is 2.48. The van der Waals surface area contributed by atoms with Gasteiger partial charge in [0.25, 0.3) is 5.78 Å².